The van der Waals surface area contributed by atoms with Gasteiger partial charge in [0.25, 0.3) is 0 Å². The van der Waals surface area contributed by atoms with Crippen LogP contribution in [0.1, 0.15) is 17.8 Å². The van der Waals surface area contributed by atoms with Crippen molar-refractivity contribution in [2.45, 2.75) is 0 Å². The molecule has 0 saturated carbocycles. The molecule has 10 aromatic rings. The van der Waals surface area contributed by atoms with Gasteiger partial charge in [0.05, 0.1) is 29.2 Å². The maximum absolute atomic E-state index is 9.66. The van der Waals surface area contributed by atoms with Crippen LogP contribution in [-0.4, -0.2) is 0 Å². The van der Waals surface area contributed by atoms with Crippen molar-refractivity contribution in [2.24, 2.45) is 0 Å². The van der Waals surface area contributed by atoms with Gasteiger partial charge < -0.3 is 9.32 Å². The van der Waals surface area contributed by atoms with Crippen LogP contribution in [0.2, 0.25) is 0 Å². The summed E-state index contributed by atoms with van der Waals surface area (Å²) in [6.07, 6.45) is 0. The highest BCUT2D eigenvalue weighted by Gasteiger charge is 2.20. The standard InChI is InChI=1S/C50H33NO/c1-2-11-34(12-3-1)35-21-23-36(24-22-35)37-25-29-41(30-26-37)51(48-20-10-15-38-13-4-6-16-42(38)48)47-19-9-8-17-43(47)40-28-32-49-46(33-40)45-31-27-39-14-5-7-18-44(39)50(45)52-49/h1-33H/i1D,2D,3D,11D,12D,21D,22D,23D,24D,25D,26D,29D,30D. The molecule has 0 unspecified atom stereocenters. The summed E-state index contributed by atoms with van der Waals surface area (Å²) in [5, 5.41) is 5.42. The van der Waals surface area contributed by atoms with Crippen LogP contribution in [0.25, 0.3) is 76.9 Å². The summed E-state index contributed by atoms with van der Waals surface area (Å²) in [5.41, 5.74) is 1.72. The van der Waals surface area contributed by atoms with Gasteiger partial charge in [-0.3, -0.25) is 0 Å². The average molecular weight is 677 g/mol. The fraction of sp³-hybridized carbons (Fsp3) is 0. The highest BCUT2D eigenvalue weighted by molar-refractivity contribution is 6.15. The van der Waals surface area contributed by atoms with Gasteiger partial charge in [-0.25, -0.2) is 0 Å². The number of hydrogen-bond donors (Lipinski definition) is 0. The lowest BCUT2D eigenvalue weighted by molar-refractivity contribution is 0.672. The molecule has 0 atom stereocenters. The molecule has 0 amide bonds. The van der Waals surface area contributed by atoms with Crippen molar-refractivity contribution in [3.05, 3.63) is 200 Å². The molecular formula is C50H33NO. The molecule has 0 bridgehead atoms. The normalized spacial score (nSPS) is 15.0. The monoisotopic (exact) mass is 676 g/mol. The van der Waals surface area contributed by atoms with Gasteiger partial charge in [-0.2, -0.15) is 0 Å². The van der Waals surface area contributed by atoms with Crippen LogP contribution >= 0.6 is 0 Å². The molecule has 0 N–H and O–H groups in total. The zero-order valence-corrected chi connectivity index (χ0v) is 27.4. The van der Waals surface area contributed by atoms with Crippen LogP contribution in [0.3, 0.4) is 0 Å². The first-order valence-corrected chi connectivity index (χ1v) is 16.7. The third-order valence-corrected chi connectivity index (χ3v) is 9.29. The summed E-state index contributed by atoms with van der Waals surface area (Å²) in [6.45, 7) is 0. The summed E-state index contributed by atoms with van der Waals surface area (Å²) in [4.78, 5) is 1.68. The molecule has 1 heterocycles. The van der Waals surface area contributed by atoms with Gasteiger partial charge in [0.2, 0.25) is 0 Å². The van der Waals surface area contributed by atoms with Crippen LogP contribution in [0.5, 0.6) is 0 Å². The van der Waals surface area contributed by atoms with Crippen LogP contribution in [0.4, 0.5) is 17.1 Å². The Morgan fingerprint density at radius 2 is 1.00 bits per heavy atom. The van der Waals surface area contributed by atoms with Crippen LogP contribution in [0.15, 0.2) is 204 Å². The largest absolute Gasteiger partial charge is 0.455 e. The van der Waals surface area contributed by atoms with E-state index in [1.54, 1.807) is 4.90 Å². The predicted molar refractivity (Wildman–Crippen MR) is 220 cm³/mol. The van der Waals surface area contributed by atoms with E-state index in [2.05, 4.69) is 6.07 Å². The zero-order chi connectivity index (χ0) is 45.7. The quantitative estimate of drug-likeness (QED) is 0.174. The molecule has 2 nitrogen and oxygen atoms in total. The van der Waals surface area contributed by atoms with Crippen LogP contribution in [-0.2, 0) is 0 Å². The molecule has 52 heavy (non-hydrogen) atoms. The Morgan fingerprint density at radius 1 is 0.404 bits per heavy atom. The SMILES string of the molecule is [2H]c1c([2H])c([2H])c(-c2c([2H])c([2H])c(-c3c([2H])c([2H])c(N(c4ccccc4-c4ccc5oc6c7ccccc7ccc6c5c4)c4cccc5ccccc45)c([2H])c3[2H])c([2H])c2[2H])c([2H])c1[2H]. The Balaban J connectivity index is 1.21. The summed E-state index contributed by atoms with van der Waals surface area (Å²) in [5.74, 6) is 0. The average Bonchev–Trinajstić information content (AvgIpc) is 3.71. The number of nitrogens with zero attached hydrogens (tertiary/aromatic N) is 1. The van der Waals surface area contributed by atoms with E-state index < -0.39 is 101 Å². The lowest BCUT2D eigenvalue weighted by atomic mass is 9.98. The van der Waals surface area contributed by atoms with Gasteiger partial charge in [0.1, 0.15) is 11.2 Å². The summed E-state index contributed by atoms with van der Waals surface area (Å²) in [6, 6.07) is 29.6. The highest BCUT2D eigenvalue weighted by Crippen LogP contribution is 2.45. The Hall–Kier alpha value is -6.90. The van der Waals surface area contributed by atoms with Gasteiger partial charge in [0, 0.05) is 32.8 Å². The fourth-order valence-electron chi connectivity index (χ4n) is 6.84. The molecule has 0 radical (unpaired) electrons. The molecule has 0 spiro atoms. The smallest absolute Gasteiger partial charge is 0.143 e. The summed E-state index contributed by atoms with van der Waals surface area (Å²) in [7, 11) is 0. The molecule has 0 saturated heterocycles. The Labute approximate surface area is 320 Å². The molecule has 244 valence electrons. The van der Waals surface area contributed by atoms with Crippen molar-refractivity contribution in [3.63, 3.8) is 0 Å². The van der Waals surface area contributed by atoms with Gasteiger partial charge in [-0.1, -0.05) is 157 Å². The molecule has 0 fully saturated rings. The van der Waals surface area contributed by atoms with Crippen molar-refractivity contribution >= 4 is 60.5 Å². The maximum atomic E-state index is 9.66. The van der Waals surface area contributed by atoms with E-state index in [0.717, 1.165) is 43.5 Å². The predicted octanol–water partition coefficient (Wildman–Crippen LogP) is 14.4. The zero-order valence-electron chi connectivity index (χ0n) is 40.4. The topological polar surface area (TPSA) is 16.4 Å². The second-order valence-corrected chi connectivity index (χ2v) is 12.3. The van der Waals surface area contributed by atoms with Crippen molar-refractivity contribution in [3.8, 4) is 33.4 Å². The molecule has 10 rings (SSSR count). The van der Waals surface area contributed by atoms with E-state index in [1.807, 2.05) is 115 Å². The Bertz CT molecular complexity index is 3580. The highest BCUT2D eigenvalue weighted by atomic mass is 16.3. The number of furan rings is 1. The molecule has 0 aliphatic carbocycles. The van der Waals surface area contributed by atoms with Gasteiger partial charge in [0.15, 0.2) is 0 Å². The van der Waals surface area contributed by atoms with E-state index in [-0.39, 0.29) is 5.69 Å². The Kier molecular flexibility index (Phi) is 4.67. The van der Waals surface area contributed by atoms with E-state index in [0.29, 0.717) is 22.5 Å². The molecule has 1 aromatic heterocycles. The Morgan fingerprint density at radius 3 is 1.77 bits per heavy atom. The van der Waals surface area contributed by atoms with Crippen molar-refractivity contribution in [1.29, 1.82) is 0 Å². The fourth-order valence-corrected chi connectivity index (χ4v) is 6.84. The van der Waals surface area contributed by atoms with E-state index in [9.17, 15) is 5.48 Å². The minimum Gasteiger partial charge on any atom is -0.455 e. The van der Waals surface area contributed by atoms with Crippen molar-refractivity contribution in [2.75, 3.05) is 4.90 Å². The lowest BCUT2D eigenvalue weighted by Gasteiger charge is -2.29. The van der Waals surface area contributed by atoms with E-state index >= 15 is 0 Å². The first kappa shape index (κ1) is 19.5. The summed E-state index contributed by atoms with van der Waals surface area (Å²) >= 11 is 0. The number of anilines is 3. The molecule has 0 aliphatic rings. The molecule has 2 heteroatoms. The second-order valence-electron chi connectivity index (χ2n) is 12.3. The number of benzene rings is 9. The number of rotatable bonds is 6. The van der Waals surface area contributed by atoms with Crippen LogP contribution in [0, 0.1) is 0 Å². The second kappa shape index (κ2) is 12.5. The minimum absolute atomic E-state index is 0.139. The lowest BCUT2D eigenvalue weighted by Crippen LogP contribution is -2.11. The van der Waals surface area contributed by atoms with E-state index in [1.165, 1.54) is 0 Å². The van der Waals surface area contributed by atoms with Crippen molar-refractivity contribution in [1.82, 2.24) is 0 Å². The third-order valence-electron chi connectivity index (χ3n) is 9.29. The number of fused-ring (bicyclic) bond motifs is 6. The van der Waals surface area contributed by atoms with Crippen LogP contribution < -0.4 is 4.90 Å². The van der Waals surface area contributed by atoms with Crippen molar-refractivity contribution < 1.29 is 22.2 Å². The minimum atomic E-state index is -0.776. The van der Waals surface area contributed by atoms with Gasteiger partial charge in [-0.15, -0.1) is 0 Å². The first-order valence-electron chi connectivity index (χ1n) is 23.2. The van der Waals surface area contributed by atoms with Gasteiger partial charge in [-0.05, 0) is 81.0 Å². The van der Waals surface area contributed by atoms with Gasteiger partial charge >= 0.3 is 0 Å². The third kappa shape index (κ3) is 5.12. The summed E-state index contributed by atoms with van der Waals surface area (Å²) < 4.78 is 122. The maximum Gasteiger partial charge on any atom is 0.143 e. The number of para-hydroxylation sites is 1. The molecular weight excluding hydrogens is 631 g/mol. The van der Waals surface area contributed by atoms with E-state index in [4.69, 9.17) is 16.8 Å². The molecule has 9 aromatic carbocycles. The number of hydrogen-bond acceptors (Lipinski definition) is 2. The molecule has 0 aliphatic heterocycles. The first-order chi connectivity index (χ1) is 31.2.